The number of rotatable bonds is 5. The Bertz CT molecular complexity index is 653. The molecule has 6 heteroatoms. The first-order valence-corrected chi connectivity index (χ1v) is 7.33. The lowest BCUT2D eigenvalue weighted by Crippen LogP contribution is -2.33. The molecule has 1 amide bonds. The molecule has 0 radical (unpaired) electrons. The largest absolute Gasteiger partial charge is 0.467 e. The van der Waals surface area contributed by atoms with E-state index in [1.165, 1.54) is 0 Å². The molecule has 6 nitrogen and oxygen atoms in total. The van der Waals surface area contributed by atoms with Crippen LogP contribution in [0.1, 0.15) is 36.5 Å². The van der Waals surface area contributed by atoms with Crippen molar-refractivity contribution in [2.24, 2.45) is 0 Å². The van der Waals surface area contributed by atoms with E-state index in [9.17, 15) is 4.79 Å². The molecule has 116 valence electrons. The first-order valence-electron chi connectivity index (χ1n) is 7.33. The number of ether oxygens (including phenoxy) is 2. The number of nitrogens with one attached hydrogen (secondary N) is 1. The summed E-state index contributed by atoms with van der Waals surface area (Å²) in [5, 5.41) is 6.77. The maximum atomic E-state index is 12.3. The molecule has 22 heavy (non-hydrogen) atoms. The van der Waals surface area contributed by atoms with Crippen molar-refractivity contribution in [3.63, 3.8) is 0 Å². The van der Waals surface area contributed by atoms with Gasteiger partial charge in [0.05, 0.1) is 12.2 Å². The average molecular weight is 302 g/mol. The number of hydrogen-bond acceptors (Lipinski definition) is 5. The molecule has 1 aromatic heterocycles. The van der Waals surface area contributed by atoms with Crippen molar-refractivity contribution in [2.75, 3.05) is 6.79 Å². The van der Waals surface area contributed by atoms with Gasteiger partial charge in [-0.25, -0.2) is 0 Å². The van der Waals surface area contributed by atoms with E-state index in [-0.39, 0.29) is 12.7 Å². The van der Waals surface area contributed by atoms with Gasteiger partial charge in [-0.15, -0.1) is 0 Å². The molecule has 0 bridgehead atoms. The molecule has 0 saturated heterocycles. The van der Waals surface area contributed by atoms with Crippen LogP contribution in [0.15, 0.2) is 34.9 Å². The van der Waals surface area contributed by atoms with Gasteiger partial charge in [-0.1, -0.05) is 36.7 Å². The van der Waals surface area contributed by atoms with Crippen LogP contribution in [0.2, 0.25) is 0 Å². The fraction of sp³-hybridized carbons (Fsp3) is 0.375. The summed E-state index contributed by atoms with van der Waals surface area (Å²) < 4.78 is 16.0. The van der Waals surface area contributed by atoms with E-state index in [1.807, 2.05) is 30.3 Å². The molecular formula is C16H18N2O4. The van der Waals surface area contributed by atoms with Gasteiger partial charge >= 0.3 is 0 Å². The lowest BCUT2D eigenvalue weighted by molar-refractivity contribution is -0.142. The first-order chi connectivity index (χ1) is 10.8. The highest BCUT2D eigenvalue weighted by atomic mass is 16.7. The third kappa shape index (κ3) is 3.12. The summed E-state index contributed by atoms with van der Waals surface area (Å²) in [5.74, 6) is 1.10. The van der Waals surface area contributed by atoms with Gasteiger partial charge in [-0.05, 0) is 12.5 Å². The van der Waals surface area contributed by atoms with Gasteiger partial charge < -0.3 is 19.3 Å². The van der Waals surface area contributed by atoms with E-state index >= 15 is 0 Å². The van der Waals surface area contributed by atoms with E-state index in [0.717, 1.165) is 24.1 Å². The summed E-state index contributed by atoms with van der Waals surface area (Å²) in [7, 11) is 0. The lowest BCUT2D eigenvalue weighted by atomic mass is 10.1. The van der Waals surface area contributed by atoms with Crippen molar-refractivity contribution in [3.05, 3.63) is 47.3 Å². The van der Waals surface area contributed by atoms with E-state index in [4.69, 9.17) is 14.0 Å². The van der Waals surface area contributed by atoms with E-state index in [2.05, 4.69) is 17.4 Å². The SMILES string of the molecule is CCCc1cc(CNC(=O)C2OCOc3ccccc32)on1. The number of carbonyl (C=O) groups is 1. The molecule has 2 heterocycles. The van der Waals surface area contributed by atoms with Crippen LogP contribution in [0.4, 0.5) is 0 Å². The van der Waals surface area contributed by atoms with Crippen LogP contribution in [-0.4, -0.2) is 17.9 Å². The summed E-state index contributed by atoms with van der Waals surface area (Å²) in [6.45, 7) is 2.44. The first kappa shape index (κ1) is 14.6. The average Bonchev–Trinajstić information content (AvgIpc) is 3.00. The van der Waals surface area contributed by atoms with Crippen LogP contribution in [-0.2, 0) is 22.5 Å². The number of aryl methyl sites for hydroxylation is 1. The fourth-order valence-corrected chi connectivity index (χ4v) is 2.38. The molecular weight excluding hydrogens is 284 g/mol. The molecule has 1 aromatic carbocycles. The van der Waals surface area contributed by atoms with Crippen LogP contribution in [0.5, 0.6) is 5.75 Å². The third-order valence-corrected chi connectivity index (χ3v) is 3.44. The molecule has 1 aliphatic rings. The minimum absolute atomic E-state index is 0.0675. The smallest absolute Gasteiger partial charge is 0.254 e. The maximum absolute atomic E-state index is 12.3. The molecule has 0 saturated carbocycles. The standard InChI is InChI=1S/C16H18N2O4/c1-2-5-11-8-12(22-18-11)9-17-16(19)15-13-6-3-4-7-14(13)20-10-21-15/h3-4,6-8,15H,2,5,9-10H2,1H3,(H,17,19). The number of fused-ring (bicyclic) bond motifs is 1. The molecule has 0 spiro atoms. The molecule has 1 atom stereocenters. The minimum Gasteiger partial charge on any atom is -0.467 e. The zero-order valence-corrected chi connectivity index (χ0v) is 12.4. The molecule has 3 rings (SSSR count). The van der Waals surface area contributed by atoms with Gasteiger partial charge in [-0.3, -0.25) is 4.79 Å². The second-order valence-electron chi connectivity index (χ2n) is 5.10. The number of hydrogen-bond donors (Lipinski definition) is 1. The van der Waals surface area contributed by atoms with E-state index in [0.29, 0.717) is 18.1 Å². The monoisotopic (exact) mass is 302 g/mol. The van der Waals surface area contributed by atoms with Crippen molar-refractivity contribution < 1.29 is 18.8 Å². The summed E-state index contributed by atoms with van der Waals surface area (Å²) in [6, 6.07) is 9.23. The Balaban J connectivity index is 1.63. The second kappa shape index (κ2) is 6.62. The van der Waals surface area contributed by atoms with Crippen LogP contribution < -0.4 is 10.1 Å². The highest BCUT2D eigenvalue weighted by Gasteiger charge is 2.28. The number of amides is 1. The van der Waals surface area contributed by atoms with Gasteiger partial charge in [0.1, 0.15) is 5.75 Å². The van der Waals surface area contributed by atoms with Gasteiger partial charge in [0, 0.05) is 11.6 Å². The van der Waals surface area contributed by atoms with Crippen LogP contribution in [0, 0.1) is 0 Å². The van der Waals surface area contributed by atoms with Crippen molar-refractivity contribution in [2.45, 2.75) is 32.4 Å². The van der Waals surface area contributed by atoms with Gasteiger partial charge in [0.2, 0.25) is 0 Å². The molecule has 0 aliphatic carbocycles. The molecule has 0 fully saturated rings. The van der Waals surface area contributed by atoms with Gasteiger partial charge in [-0.2, -0.15) is 0 Å². The Morgan fingerprint density at radius 1 is 1.41 bits per heavy atom. The second-order valence-corrected chi connectivity index (χ2v) is 5.10. The van der Waals surface area contributed by atoms with Crippen molar-refractivity contribution in [3.8, 4) is 5.75 Å². The van der Waals surface area contributed by atoms with Gasteiger partial charge in [0.15, 0.2) is 18.7 Å². The van der Waals surface area contributed by atoms with Crippen molar-refractivity contribution in [1.82, 2.24) is 10.5 Å². The number of nitrogens with zero attached hydrogens (tertiary/aromatic N) is 1. The summed E-state index contributed by atoms with van der Waals surface area (Å²) in [5.41, 5.74) is 1.63. The summed E-state index contributed by atoms with van der Waals surface area (Å²) in [6.07, 6.45) is 1.21. The quantitative estimate of drug-likeness (QED) is 0.917. The predicted octanol–water partition coefficient (Wildman–Crippen LogP) is 2.35. The Kier molecular flexibility index (Phi) is 4.39. The normalized spacial score (nSPS) is 16.7. The minimum atomic E-state index is -0.664. The molecule has 1 N–H and O–H groups in total. The molecule has 2 aromatic rings. The predicted molar refractivity (Wildman–Crippen MR) is 78.1 cm³/mol. The number of carbonyl (C=O) groups excluding carboxylic acids is 1. The maximum Gasteiger partial charge on any atom is 0.254 e. The third-order valence-electron chi connectivity index (χ3n) is 3.44. The van der Waals surface area contributed by atoms with Crippen LogP contribution in [0.3, 0.4) is 0 Å². The van der Waals surface area contributed by atoms with Crippen LogP contribution in [0.25, 0.3) is 0 Å². The summed E-state index contributed by atoms with van der Waals surface area (Å²) in [4.78, 5) is 12.3. The lowest BCUT2D eigenvalue weighted by Gasteiger charge is -2.25. The number of para-hydroxylation sites is 1. The number of aromatic nitrogens is 1. The summed E-state index contributed by atoms with van der Waals surface area (Å²) >= 11 is 0. The Morgan fingerprint density at radius 3 is 3.14 bits per heavy atom. The van der Waals surface area contributed by atoms with Crippen molar-refractivity contribution in [1.29, 1.82) is 0 Å². The topological polar surface area (TPSA) is 73.6 Å². The fourth-order valence-electron chi connectivity index (χ4n) is 2.38. The Hall–Kier alpha value is -2.34. The Labute approximate surface area is 128 Å². The zero-order chi connectivity index (χ0) is 15.4. The van der Waals surface area contributed by atoms with E-state index < -0.39 is 6.10 Å². The van der Waals surface area contributed by atoms with Gasteiger partial charge in [0.25, 0.3) is 5.91 Å². The zero-order valence-electron chi connectivity index (χ0n) is 12.4. The molecule has 1 unspecified atom stereocenters. The van der Waals surface area contributed by atoms with Crippen LogP contribution >= 0.6 is 0 Å². The highest BCUT2D eigenvalue weighted by molar-refractivity contribution is 5.83. The molecule has 1 aliphatic heterocycles. The van der Waals surface area contributed by atoms with Crippen molar-refractivity contribution >= 4 is 5.91 Å². The van der Waals surface area contributed by atoms with E-state index in [1.54, 1.807) is 0 Å². The Morgan fingerprint density at radius 2 is 2.27 bits per heavy atom. The number of benzene rings is 1. The highest BCUT2D eigenvalue weighted by Crippen LogP contribution is 2.31.